The van der Waals surface area contributed by atoms with Crippen molar-refractivity contribution in [3.05, 3.63) is 29.3 Å². The number of halogens is 3. The summed E-state index contributed by atoms with van der Waals surface area (Å²) < 4.78 is 39.1. The third-order valence-corrected chi connectivity index (χ3v) is 4.17. The summed E-state index contributed by atoms with van der Waals surface area (Å²) in [6.45, 7) is 9.67. The maximum absolute atomic E-state index is 13.0. The molecule has 0 aliphatic carbocycles. The number of rotatable bonds is 4. The molecule has 1 atom stereocenters. The van der Waals surface area contributed by atoms with E-state index in [-0.39, 0.29) is 5.92 Å². The van der Waals surface area contributed by atoms with Crippen molar-refractivity contribution in [1.29, 1.82) is 0 Å². The van der Waals surface area contributed by atoms with E-state index in [9.17, 15) is 13.2 Å². The van der Waals surface area contributed by atoms with E-state index < -0.39 is 11.7 Å². The van der Waals surface area contributed by atoms with Crippen molar-refractivity contribution >= 4 is 5.69 Å². The number of alkyl halides is 3. The van der Waals surface area contributed by atoms with Crippen LogP contribution in [0, 0.1) is 5.92 Å². The van der Waals surface area contributed by atoms with Gasteiger partial charge in [0.25, 0.3) is 0 Å². The topological polar surface area (TPSA) is 15.3 Å². The Bertz CT molecular complexity index is 491. The van der Waals surface area contributed by atoms with Gasteiger partial charge in [-0.3, -0.25) is 0 Å². The molecule has 0 aromatic heterocycles. The van der Waals surface area contributed by atoms with Crippen molar-refractivity contribution in [3.63, 3.8) is 0 Å². The van der Waals surface area contributed by atoms with Crippen molar-refractivity contribution in [2.75, 3.05) is 31.1 Å². The van der Waals surface area contributed by atoms with E-state index in [0.29, 0.717) is 5.92 Å². The zero-order valence-corrected chi connectivity index (χ0v) is 13.5. The molecule has 1 aliphatic heterocycles. The molecule has 0 amide bonds. The minimum Gasteiger partial charge on any atom is -0.369 e. The molecule has 1 aromatic rings. The standard InChI is InChI=1S/C17H25F3N2/c1-12(2)10-13(3)15-11-14(17(18,19)20)4-5-16(15)22-8-6-21-7-9-22/h4-5,11-13,21H,6-10H2,1-3H3. The van der Waals surface area contributed by atoms with Crippen LogP contribution in [0.1, 0.15) is 44.2 Å². The van der Waals surface area contributed by atoms with Crippen LogP contribution in [0.2, 0.25) is 0 Å². The molecule has 124 valence electrons. The summed E-state index contributed by atoms with van der Waals surface area (Å²) in [5.41, 5.74) is 1.24. The fourth-order valence-corrected chi connectivity index (χ4v) is 3.15. The van der Waals surface area contributed by atoms with Gasteiger partial charge in [0.2, 0.25) is 0 Å². The van der Waals surface area contributed by atoms with Gasteiger partial charge in [0, 0.05) is 31.9 Å². The normalized spacial score (nSPS) is 17.9. The maximum atomic E-state index is 13.0. The number of hydrogen-bond donors (Lipinski definition) is 1. The molecular formula is C17H25F3N2. The summed E-state index contributed by atoms with van der Waals surface area (Å²) in [6.07, 6.45) is -3.39. The number of nitrogens with one attached hydrogen (secondary N) is 1. The molecule has 1 heterocycles. The van der Waals surface area contributed by atoms with E-state index in [4.69, 9.17) is 0 Å². The minimum atomic E-state index is -4.28. The van der Waals surface area contributed by atoms with Gasteiger partial charge < -0.3 is 10.2 Å². The lowest BCUT2D eigenvalue weighted by Gasteiger charge is -2.33. The van der Waals surface area contributed by atoms with E-state index in [1.165, 1.54) is 12.1 Å². The zero-order chi connectivity index (χ0) is 16.3. The van der Waals surface area contributed by atoms with Gasteiger partial charge in [-0.05, 0) is 42.0 Å². The van der Waals surface area contributed by atoms with Crippen LogP contribution < -0.4 is 10.2 Å². The van der Waals surface area contributed by atoms with Gasteiger partial charge in [-0.25, -0.2) is 0 Å². The molecule has 1 unspecified atom stereocenters. The molecule has 5 heteroatoms. The number of anilines is 1. The molecule has 1 N–H and O–H groups in total. The molecule has 0 radical (unpaired) electrons. The first kappa shape index (κ1) is 17.1. The molecule has 0 spiro atoms. The lowest BCUT2D eigenvalue weighted by atomic mass is 9.89. The average Bonchev–Trinajstić information content (AvgIpc) is 2.46. The summed E-state index contributed by atoms with van der Waals surface area (Å²) in [5, 5.41) is 3.28. The van der Waals surface area contributed by atoms with Crippen molar-refractivity contribution in [3.8, 4) is 0 Å². The van der Waals surface area contributed by atoms with Crippen LogP contribution in [-0.4, -0.2) is 26.2 Å². The molecule has 0 saturated carbocycles. The third kappa shape index (κ3) is 4.15. The second kappa shape index (κ2) is 6.90. The Morgan fingerprint density at radius 1 is 1.14 bits per heavy atom. The van der Waals surface area contributed by atoms with Crippen LogP contribution in [0.5, 0.6) is 0 Å². The second-order valence-electron chi connectivity index (χ2n) is 6.54. The lowest BCUT2D eigenvalue weighted by Crippen LogP contribution is -2.44. The highest BCUT2D eigenvalue weighted by molar-refractivity contribution is 5.57. The summed E-state index contributed by atoms with van der Waals surface area (Å²) in [6, 6.07) is 4.22. The Morgan fingerprint density at radius 3 is 2.32 bits per heavy atom. The smallest absolute Gasteiger partial charge is 0.369 e. The third-order valence-electron chi connectivity index (χ3n) is 4.17. The van der Waals surface area contributed by atoms with E-state index in [2.05, 4.69) is 24.1 Å². The van der Waals surface area contributed by atoms with Crippen molar-refractivity contribution < 1.29 is 13.2 Å². The Morgan fingerprint density at radius 2 is 1.77 bits per heavy atom. The largest absolute Gasteiger partial charge is 0.416 e. The van der Waals surface area contributed by atoms with Gasteiger partial charge in [0.1, 0.15) is 0 Å². The van der Waals surface area contributed by atoms with Gasteiger partial charge in [-0.1, -0.05) is 20.8 Å². The summed E-state index contributed by atoms with van der Waals surface area (Å²) >= 11 is 0. The first-order chi connectivity index (χ1) is 10.3. The fourth-order valence-electron chi connectivity index (χ4n) is 3.15. The number of piperazine rings is 1. The zero-order valence-electron chi connectivity index (χ0n) is 13.5. The number of hydrogen-bond acceptors (Lipinski definition) is 2. The van der Waals surface area contributed by atoms with Gasteiger partial charge in [-0.2, -0.15) is 13.2 Å². The predicted molar refractivity (Wildman–Crippen MR) is 84.4 cm³/mol. The molecule has 1 aliphatic rings. The van der Waals surface area contributed by atoms with E-state index in [0.717, 1.165) is 43.9 Å². The van der Waals surface area contributed by atoms with Crippen LogP contribution in [-0.2, 0) is 6.18 Å². The van der Waals surface area contributed by atoms with Gasteiger partial charge in [-0.15, -0.1) is 0 Å². The Hall–Kier alpha value is -1.23. The molecule has 0 bridgehead atoms. The van der Waals surface area contributed by atoms with Gasteiger partial charge >= 0.3 is 6.18 Å². The Kier molecular flexibility index (Phi) is 5.37. The van der Waals surface area contributed by atoms with Crippen LogP contribution >= 0.6 is 0 Å². The Labute approximate surface area is 130 Å². The van der Waals surface area contributed by atoms with Crippen molar-refractivity contribution in [1.82, 2.24) is 5.32 Å². The van der Waals surface area contributed by atoms with Gasteiger partial charge in [0.05, 0.1) is 5.56 Å². The molecular weight excluding hydrogens is 289 g/mol. The molecule has 1 saturated heterocycles. The number of nitrogens with zero attached hydrogens (tertiary/aromatic N) is 1. The second-order valence-corrected chi connectivity index (χ2v) is 6.54. The lowest BCUT2D eigenvalue weighted by molar-refractivity contribution is -0.137. The monoisotopic (exact) mass is 314 g/mol. The first-order valence-corrected chi connectivity index (χ1v) is 7.96. The van der Waals surface area contributed by atoms with Crippen LogP contribution in [0.3, 0.4) is 0 Å². The van der Waals surface area contributed by atoms with Gasteiger partial charge in [0.15, 0.2) is 0 Å². The Balaban J connectivity index is 2.38. The SMILES string of the molecule is CC(C)CC(C)c1cc(C(F)(F)F)ccc1N1CCNCC1. The van der Waals surface area contributed by atoms with Crippen molar-refractivity contribution in [2.24, 2.45) is 5.92 Å². The quantitative estimate of drug-likeness (QED) is 0.893. The minimum absolute atomic E-state index is 0.118. The van der Waals surface area contributed by atoms with Crippen LogP contribution in [0.4, 0.5) is 18.9 Å². The predicted octanol–water partition coefficient (Wildman–Crippen LogP) is 4.26. The highest BCUT2D eigenvalue weighted by atomic mass is 19.4. The summed E-state index contributed by atoms with van der Waals surface area (Å²) in [5.74, 6) is 0.576. The van der Waals surface area contributed by atoms with E-state index in [1.54, 1.807) is 6.07 Å². The molecule has 22 heavy (non-hydrogen) atoms. The van der Waals surface area contributed by atoms with Crippen LogP contribution in [0.25, 0.3) is 0 Å². The van der Waals surface area contributed by atoms with E-state index in [1.807, 2.05) is 6.92 Å². The summed E-state index contributed by atoms with van der Waals surface area (Å²) in [7, 11) is 0. The van der Waals surface area contributed by atoms with E-state index >= 15 is 0 Å². The molecule has 2 rings (SSSR count). The molecule has 2 nitrogen and oxygen atoms in total. The molecule has 1 fully saturated rings. The van der Waals surface area contributed by atoms with Crippen LogP contribution in [0.15, 0.2) is 18.2 Å². The first-order valence-electron chi connectivity index (χ1n) is 7.96. The highest BCUT2D eigenvalue weighted by Gasteiger charge is 2.32. The summed E-state index contributed by atoms with van der Waals surface area (Å²) in [4.78, 5) is 2.20. The maximum Gasteiger partial charge on any atom is 0.416 e. The van der Waals surface area contributed by atoms with Crippen molar-refractivity contribution in [2.45, 2.75) is 39.3 Å². The highest BCUT2D eigenvalue weighted by Crippen LogP contribution is 2.37. The average molecular weight is 314 g/mol. The number of benzene rings is 1. The molecule has 1 aromatic carbocycles. The fraction of sp³-hybridized carbons (Fsp3) is 0.647.